The van der Waals surface area contributed by atoms with Crippen molar-refractivity contribution < 1.29 is 9.90 Å². The molecule has 3 atom stereocenters. The molecular weight excluding hydrogens is 228 g/mol. The molecule has 1 aromatic heterocycles. The number of hydrogen-bond acceptors (Lipinski definition) is 3. The summed E-state index contributed by atoms with van der Waals surface area (Å²) in [5.41, 5.74) is 2.09. The topological polar surface area (TPSA) is 53.4 Å². The van der Waals surface area contributed by atoms with Gasteiger partial charge in [-0.3, -0.25) is 4.98 Å². The van der Waals surface area contributed by atoms with Gasteiger partial charge in [-0.1, -0.05) is 6.42 Å². The van der Waals surface area contributed by atoms with Crippen molar-refractivity contribution in [3.05, 3.63) is 24.0 Å². The maximum atomic E-state index is 11.6. The van der Waals surface area contributed by atoms with E-state index in [2.05, 4.69) is 9.88 Å². The van der Waals surface area contributed by atoms with E-state index in [1.54, 1.807) is 6.20 Å². The van der Waals surface area contributed by atoms with Crippen LogP contribution >= 0.6 is 0 Å². The molecule has 2 fully saturated rings. The van der Waals surface area contributed by atoms with E-state index in [0.29, 0.717) is 11.8 Å². The average Bonchev–Trinajstić information content (AvgIpc) is 2.88. The van der Waals surface area contributed by atoms with Crippen molar-refractivity contribution in [3.63, 3.8) is 0 Å². The van der Waals surface area contributed by atoms with E-state index in [1.807, 2.05) is 19.2 Å². The van der Waals surface area contributed by atoms with E-state index in [9.17, 15) is 9.90 Å². The van der Waals surface area contributed by atoms with Crippen LogP contribution in [-0.2, 0) is 4.79 Å². The van der Waals surface area contributed by atoms with Crippen molar-refractivity contribution in [1.82, 2.24) is 4.98 Å². The number of carbonyl (C=O) groups is 1. The van der Waals surface area contributed by atoms with Gasteiger partial charge in [0.1, 0.15) is 6.04 Å². The van der Waals surface area contributed by atoms with Crippen molar-refractivity contribution >= 4 is 11.7 Å². The normalized spacial score (nSPS) is 30.5. The van der Waals surface area contributed by atoms with Crippen LogP contribution in [0.15, 0.2) is 18.5 Å². The number of carboxylic acids is 1. The molecule has 4 heteroatoms. The van der Waals surface area contributed by atoms with Gasteiger partial charge in [0.05, 0.1) is 0 Å². The Balaban J connectivity index is 1.97. The molecule has 2 heterocycles. The number of carboxylic acid groups (broad SMARTS) is 1. The number of aryl methyl sites for hydroxylation is 1. The summed E-state index contributed by atoms with van der Waals surface area (Å²) in [6.45, 7) is 2.88. The molecule has 1 N–H and O–H groups in total. The van der Waals surface area contributed by atoms with Gasteiger partial charge in [0.15, 0.2) is 0 Å². The van der Waals surface area contributed by atoms with E-state index in [4.69, 9.17) is 0 Å². The molecule has 3 unspecified atom stereocenters. The molecule has 96 valence electrons. The zero-order valence-electron chi connectivity index (χ0n) is 10.5. The molecule has 1 saturated heterocycles. The summed E-state index contributed by atoms with van der Waals surface area (Å²) >= 11 is 0. The average molecular weight is 246 g/mol. The molecule has 1 aromatic rings. The predicted octanol–water partition coefficient (Wildman–Crippen LogP) is 2.08. The van der Waals surface area contributed by atoms with Crippen molar-refractivity contribution in [2.45, 2.75) is 32.2 Å². The molecule has 0 radical (unpaired) electrons. The Morgan fingerprint density at radius 2 is 2.33 bits per heavy atom. The van der Waals surface area contributed by atoms with Crippen molar-refractivity contribution in [2.75, 3.05) is 11.4 Å². The molecule has 2 aliphatic rings. The largest absolute Gasteiger partial charge is 0.480 e. The van der Waals surface area contributed by atoms with Gasteiger partial charge in [0.25, 0.3) is 0 Å². The van der Waals surface area contributed by atoms with Gasteiger partial charge in [-0.05, 0) is 43.2 Å². The maximum Gasteiger partial charge on any atom is 0.326 e. The highest BCUT2D eigenvalue weighted by Crippen LogP contribution is 2.44. The van der Waals surface area contributed by atoms with Gasteiger partial charge in [-0.2, -0.15) is 0 Å². The summed E-state index contributed by atoms with van der Waals surface area (Å²) in [5, 5.41) is 9.53. The molecule has 1 saturated carbocycles. The fourth-order valence-corrected chi connectivity index (χ4v) is 3.66. The van der Waals surface area contributed by atoms with E-state index in [-0.39, 0.29) is 6.04 Å². The first-order chi connectivity index (χ1) is 8.68. The molecule has 0 aromatic carbocycles. The lowest BCUT2D eigenvalue weighted by molar-refractivity contribution is -0.139. The van der Waals surface area contributed by atoms with Crippen molar-refractivity contribution in [2.24, 2.45) is 11.8 Å². The van der Waals surface area contributed by atoms with Crippen molar-refractivity contribution in [3.8, 4) is 0 Å². The third-order valence-corrected chi connectivity index (χ3v) is 4.44. The number of anilines is 1. The Labute approximate surface area is 107 Å². The van der Waals surface area contributed by atoms with Crippen LogP contribution in [0.2, 0.25) is 0 Å². The molecule has 0 amide bonds. The third kappa shape index (κ3) is 1.67. The van der Waals surface area contributed by atoms with Gasteiger partial charge in [-0.15, -0.1) is 0 Å². The molecule has 18 heavy (non-hydrogen) atoms. The number of hydrogen-bond donors (Lipinski definition) is 1. The van der Waals surface area contributed by atoms with Crippen LogP contribution in [0.1, 0.15) is 24.8 Å². The first kappa shape index (κ1) is 11.5. The number of nitrogens with zero attached hydrogens (tertiary/aromatic N) is 2. The molecule has 4 nitrogen and oxygen atoms in total. The third-order valence-electron chi connectivity index (χ3n) is 4.44. The van der Waals surface area contributed by atoms with Crippen LogP contribution in [0.4, 0.5) is 5.69 Å². The fraction of sp³-hybridized carbons (Fsp3) is 0.571. The Kier molecular flexibility index (Phi) is 2.73. The smallest absolute Gasteiger partial charge is 0.326 e. The summed E-state index contributed by atoms with van der Waals surface area (Å²) in [4.78, 5) is 17.7. The second-order valence-electron chi connectivity index (χ2n) is 5.45. The van der Waals surface area contributed by atoms with Gasteiger partial charge in [0.2, 0.25) is 0 Å². The minimum Gasteiger partial charge on any atom is -0.480 e. The summed E-state index contributed by atoms with van der Waals surface area (Å²) in [6.07, 6.45) is 6.97. The molecular formula is C14H18N2O2. The minimum absolute atomic E-state index is 0.329. The van der Waals surface area contributed by atoms with Crippen LogP contribution in [0.5, 0.6) is 0 Å². The highest BCUT2D eigenvalue weighted by molar-refractivity contribution is 5.80. The highest BCUT2D eigenvalue weighted by atomic mass is 16.4. The standard InChI is InChI=1S/C14H18N2O2/c1-9-7-15-6-5-12(9)16-8-10-3-2-4-11(10)13(16)14(17)18/h5-7,10-11,13H,2-4,8H2,1H3,(H,17,18). The second kappa shape index (κ2) is 4.26. The van der Waals surface area contributed by atoms with Gasteiger partial charge < -0.3 is 10.0 Å². The van der Waals surface area contributed by atoms with Crippen LogP contribution < -0.4 is 4.90 Å². The second-order valence-corrected chi connectivity index (χ2v) is 5.45. The number of fused-ring (bicyclic) bond motifs is 1. The molecule has 1 aliphatic heterocycles. The quantitative estimate of drug-likeness (QED) is 0.868. The lowest BCUT2D eigenvalue weighted by Crippen LogP contribution is -2.40. The summed E-state index contributed by atoms with van der Waals surface area (Å²) < 4.78 is 0. The maximum absolute atomic E-state index is 11.6. The summed E-state index contributed by atoms with van der Waals surface area (Å²) in [7, 11) is 0. The van der Waals surface area contributed by atoms with E-state index in [1.165, 1.54) is 12.8 Å². The summed E-state index contributed by atoms with van der Waals surface area (Å²) in [5.74, 6) is 0.203. The Morgan fingerprint density at radius 3 is 3.06 bits per heavy atom. The Morgan fingerprint density at radius 1 is 1.50 bits per heavy atom. The van der Waals surface area contributed by atoms with Crippen molar-refractivity contribution in [1.29, 1.82) is 0 Å². The molecule has 0 bridgehead atoms. The first-order valence-electron chi connectivity index (χ1n) is 6.58. The van der Waals surface area contributed by atoms with Crippen LogP contribution in [0.3, 0.4) is 0 Å². The van der Waals surface area contributed by atoms with E-state index < -0.39 is 5.97 Å². The predicted molar refractivity (Wildman–Crippen MR) is 68.6 cm³/mol. The summed E-state index contributed by atoms with van der Waals surface area (Å²) in [6, 6.07) is 1.59. The van der Waals surface area contributed by atoms with Gasteiger partial charge >= 0.3 is 5.97 Å². The Bertz CT molecular complexity index is 475. The first-order valence-corrected chi connectivity index (χ1v) is 6.58. The highest BCUT2D eigenvalue weighted by Gasteiger charge is 2.47. The monoisotopic (exact) mass is 246 g/mol. The lowest BCUT2D eigenvalue weighted by atomic mass is 9.94. The van der Waals surface area contributed by atoms with Gasteiger partial charge in [-0.25, -0.2) is 4.79 Å². The Hall–Kier alpha value is -1.58. The number of pyridine rings is 1. The SMILES string of the molecule is Cc1cnccc1N1CC2CCCC2C1C(=O)O. The zero-order valence-corrected chi connectivity index (χ0v) is 10.5. The molecule has 0 spiro atoms. The number of aliphatic carboxylic acids is 1. The van der Waals surface area contributed by atoms with Crippen LogP contribution in [-0.4, -0.2) is 28.6 Å². The minimum atomic E-state index is -0.680. The lowest BCUT2D eigenvalue weighted by Gasteiger charge is -2.27. The van der Waals surface area contributed by atoms with Crippen LogP contribution in [0.25, 0.3) is 0 Å². The number of rotatable bonds is 2. The van der Waals surface area contributed by atoms with E-state index in [0.717, 1.165) is 24.2 Å². The zero-order chi connectivity index (χ0) is 12.7. The fourth-order valence-electron chi connectivity index (χ4n) is 3.66. The van der Waals surface area contributed by atoms with E-state index >= 15 is 0 Å². The molecule has 1 aliphatic carbocycles. The number of aromatic nitrogens is 1. The van der Waals surface area contributed by atoms with Crippen LogP contribution in [0, 0.1) is 18.8 Å². The molecule has 3 rings (SSSR count). The van der Waals surface area contributed by atoms with Gasteiger partial charge in [0, 0.05) is 24.6 Å².